The summed E-state index contributed by atoms with van der Waals surface area (Å²) in [6, 6.07) is 0. The van der Waals surface area contributed by atoms with E-state index in [1.807, 2.05) is 21.1 Å². The Morgan fingerprint density at radius 1 is 0.485 bits per heavy atom. The van der Waals surface area contributed by atoms with Crippen molar-refractivity contribution in [2.75, 3.05) is 54.1 Å². The van der Waals surface area contributed by atoms with Crippen LogP contribution in [0.2, 0.25) is 0 Å². The van der Waals surface area contributed by atoms with E-state index >= 15 is 0 Å². The SMILES string of the molecule is CC/C=C\C/C=C\C/C=C\C/C=C\C/C=C\C/C=C\C/C=C\CCCCOCC(COP(=O)(O)OCC[N+](C)(C)C)OC(=O)CCCCCCCCCCCCCCCCCCCCCC. The lowest BCUT2D eigenvalue weighted by molar-refractivity contribution is -0.870. The fourth-order valence-corrected chi connectivity index (χ4v) is 7.86. The van der Waals surface area contributed by atoms with E-state index in [0.29, 0.717) is 24.1 Å². The van der Waals surface area contributed by atoms with Crippen LogP contribution in [0.15, 0.2) is 85.1 Å². The van der Waals surface area contributed by atoms with Crippen molar-refractivity contribution in [1.82, 2.24) is 0 Å². The van der Waals surface area contributed by atoms with Gasteiger partial charge in [0.2, 0.25) is 0 Å². The van der Waals surface area contributed by atoms with Crippen LogP contribution in [0.5, 0.6) is 0 Å². The number of likely N-dealkylation sites (N-methyl/N-ethyl adjacent to an activating group) is 1. The molecule has 1 N–H and O–H groups in total. The minimum Gasteiger partial charge on any atom is -0.457 e. The lowest BCUT2D eigenvalue weighted by atomic mass is 10.0. The Labute approximate surface area is 407 Å². The topological polar surface area (TPSA) is 91.3 Å². The van der Waals surface area contributed by atoms with E-state index in [4.69, 9.17) is 18.5 Å². The van der Waals surface area contributed by atoms with Crippen molar-refractivity contribution < 1.29 is 37.3 Å². The zero-order chi connectivity index (χ0) is 48.3. The average Bonchev–Trinajstić information content (AvgIpc) is 3.28. The minimum absolute atomic E-state index is 0.0769. The molecule has 9 heteroatoms. The van der Waals surface area contributed by atoms with Crippen molar-refractivity contribution in [2.24, 2.45) is 0 Å². The number of nitrogens with zero attached hydrogens (tertiary/aromatic N) is 1. The minimum atomic E-state index is -4.30. The molecular weight excluding hydrogens is 842 g/mol. The first-order valence-electron chi connectivity index (χ1n) is 26.8. The van der Waals surface area contributed by atoms with Gasteiger partial charge in [-0.1, -0.05) is 221 Å². The van der Waals surface area contributed by atoms with Crippen molar-refractivity contribution in [3.8, 4) is 0 Å². The first-order chi connectivity index (χ1) is 32.1. The summed E-state index contributed by atoms with van der Waals surface area (Å²) in [5.74, 6) is -0.328. The number of hydrogen-bond acceptors (Lipinski definition) is 6. The van der Waals surface area contributed by atoms with Crippen LogP contribution < -0.4 is 0 Å². The standard InChI is InChI=1S/C57H102NO7P/c1-6-8-10-12-14-16-18-20-22-24-26-28-29-30-31-33-35-37-39-41-43-45-47-49-52-62-54-56(55-64-66(60,61)63-53-51-58(3,4)5)65-57(59)50-48-46-44-42-40-38-36-34-32-27-25-23-21-19-17-15-13-11-9-7-2/h8,10,14,16,20,22,26,28,30-31,35,37,41,43,56H,6-7,9,11-13,15,17-19,21,23-25,27,29,32-34,36,38-40,42,44-55H2,1-5H3/p+1/b10-8-,16-14-,22-20-,28-26-,31-30-,37-35-,43-41-. The monoisotopic (exact) mass is 945 g/mol. The number of rotatable bonds is 49. The smallest absolute Gasteiger partial charge is 0.457 e. The van der Waals surface area contributed by atoms with Gasteiger partial charge in [0.1, 0.15) is 19.3 Å². The van der Waals surface area contributed by atoms with Gasteiger partial charge in [0.25, 0.3) is 0 Å². The molecule has 382 valence electrons. The van der Waals surface area contributed by atoms with Gasteiger partial charge < -0.3 is 18.9 Å². The van der Waals surface area contributed by atoms with Crippen molar-refractivity contribution in [2.45, 2.75) is 219 Å². The Balaban J connectivity index is 4.22. The normalized spacial score (nSPS) is 14.2. The highest BCUT2D eigenvalue weighted by Gasteiger charge is 2.26. The molecule has 0 aromatic rings. The second-order valence-corrected chi connectivity index (χ2v) is 20.3. The largest absolute Gasteiger partial charge is 0.472 e. The summed E-state index contributed by atoms with van der Waals surface area (Å²) in [6.07, 6.45) is 66.4. The van der Waals surface area contributed by atoms with Gasteiger partial charge in [0, 0.05) is 13.0 Å². The molecule has 0 aliphatic carbocycles. The molecule has 0 saturated carbocycles. The lowest BCUT2D eigenvalue weighted by Gasteiger charge is -2.24. The van der Waals surface area contributed by atoms with Gasteiger partial charge in [-0.05, 0) is 70.6 Å². The Kier molecular flexibility index (Phi) is 47.4. The van der Waals surface area contributed by atoms with Gasteiger partial charge >= 0.3 is 13.8 Å². The molecule has 0 saturated heterocycles. The third-order valence-corrected chi connectivity index (χ3v) is 12.2. The second-order valence-electron chi connectivity index (χ2n) is 18.9. The molecule has 0 rings (SSSR count). The molecular formula is C57H103NO7P+. The fraction of sp³-hybridized carbons (Fsp3) is 0.737. The predicted molar refractivity (Wildman–Crippen MR) is 284 cm³/mol. The molecule has 0 aromatic heterocycles. The second kappa shape index (κ2) is 49.1. The molecule has 8 nitrogen and oxygen atoms in total. The molecule has 0 aromatic carbocycles. The molecule has 0 radical (unpaired) electrons. The van der Waals surface area contributed by atoms with Crippen LogP contribution in [0.25, 0.3) is 0 Å². The molecule has 0 aliphatic rings. The lowest BCUT2D eigenvalue weighted by Crippen LogP contribution is -2.37. The Morgan fingerprint density at radius 3 is 1.29 bits per heavy atom. The number of unbranched alkanes of at least 4 members (excludes halogenated alkanes) is 21. The number of quaternary nitrogens is 1. The van der Waals surface area contributed by atoms with Crippen molar-refractivity contribution in [3.63, 3.8) is 0 Å². The Bertz CT molecular complexity index is 1330. The summed E-state index contributed by atoms with van der Waals surface area (Å²) < 4.78 is 35.1. The van der Waals surface area contributed by atoms with Crippen molar-refractivity contribution in [1.29, 1.82) is 0 Å². The molecule has 66 heavy (non-hydrogen) atoms. The highest BCUT2D eigenvalue weighted by Crippen LogP contribution is 2.43. The van der Waals surface area contributed by atoms with Gasteiger partial charge in [-0.25, -0.2) is 4.57 Å². The zero-order valence-electron chi connectivity index (χ0n) is 43.4. The van der Waals surface area contributed by atoms with Crippen molar-refractivity contribution >= 4 is 13.8 Å². The molecule has 0 heterocycles. The first kappa shape index (κ1) is 63.7. The molecule has 2 atom stereocenters. The third kappa shape index (κ3) is 52.6. The Hall–Kier alpha value is -2.32. The number of esters is 1. The van der Waals surface area contributed by atoms with Gasteiger partial charge in [0.15, 0.2) is 0 Å². The van der Waals surface area contributed by atoms with Crippen molar-refractivity contribution in [3.05, 3.63) is 85.1 Å². The van der Waals surface area contributed by atoms with E-state index in [0.717, 1.165) is 83.5 Å². The number of hydrogen-bond donors (Lipinski definition) is 1. The van der Waals surface area contributed by atoms with Crippen LogP contribution in [0.4, 0.5) is 0 Å². The van der Waals surface area contributed by atoms with Crippen LogP contribution in [0.1, 0.15) is 213 Å². The number of carbonyl (C=O) groups excluding carboxylic acids is 1. The maximum absolute atomic E-state index is 12.8. The van der Waals surface area contributed by atoms with E-state index in [1.54, 1.807) is 0 Å². The zero-order valence-corrected chi connectivity index (χ0v) is 44.3. The highest BCUT2D eigenvalue weighted by molar-refractivity contribution is 7.47. The first-order valence-corrected chi connectivity index (χ1v) is 28.3. The summed E-state index contributed by atoms with van der Waals surface area (Å²) in [4.78, 5) is 23.0. The predicted octanol–water partition coefficient (Wildman–Crippen LogP) is 16.8. The summed E-state index contributed by atoms with van der Waals surface area (Å²) in [7, 11) is 1.63. The summed E-state index contributed by atoms with van der Waals surface area (Å²) in [5.41, 5.74) is 0. The molecule has 0 amide bonds. The summed E-state index contributed by atoms with van der Waals surface area (Å²) in [6.45, 7) is 5.41. The molecule has 0 bridgehead atoms. The summed E-state index contributed by atoms with van der Waals surface area (Å²) >= 11 is 0. The van der Waals surface area contributed by atoms with E-state index in [2.05, 4.69) is 98.9 Å². The van der Waals surface area contributed by atoms with E-state index in [-0.39, 0.29) is 25.8 Å². The van der Waals surface area contributed by atoms with Gasteiger partial charge in [-0.15, -0.1) is 0 Å². The molecule has 0 spiro atoms. The molecule has 2 unspecified atom stereocenters. The van der Waals surface area contributed by atoms with Crippen LogP contribution in [-0.4, -0.2) is 75.6 Å². The molecule has 0 fully saturated rings. The van der Waals surface area contributed by atoms with Crippen LogP contribution in [0.3, 0.4) is 0 Å². The van der Waals surface area contributed by atoms with Crippen LogP contribution in [0, 0.1) is 0 Å². The maximum Gasteiger partial charge on any atom is 0.472 e. The Morgan fingerprint density at radius 2 is 0.879 bits per heavy atom. The van der Waals surface area contributed by atoms with E-state index < -0.39 is 13.9 Å². The maximum atomic E-state index is 12.8. The number of ether oxygens (including phenoxy) is 2. The van der Waals surface area contributed by atoms with E-state index in [1.165, 1.54) is 109 Å². The third-order valence-electron chi connectivity index (χ3n) is 11.2. The van der Waals surface area contributed by atoms with Crippen LogP contribution >= 0.6 is 7.82 Å². The average molecular weight is 945 g/mol. The molecule has 0 aliphatic heterocycles. The summed E-state index contributed by atoms with van der Waals surface area (Å²) in [5, 5.41) is 0. The highest BCUT2D eigenvalue weighted by atomic mass is 31.2. The number of carbonyl (C=O) groups is 1. The number of phosphoric acid groups is 1. The fourth-order valence-electron chi connectivity index (χ4n) is 7.12. The van der Waals surface area contributed by atoms with Gasteiger partial charge in [0.05, 0.1) is 34.4 Å². The van der Waals surface area contributed by atoms with Crippen LogP contribution in [-0.2, 0) is 27.9 Å². The number of allylic oxidation sites excluding steroid dienone is 14. The quantitative estimate of drug-likeness (QED) is 0.0214. The van der Waals surface area contributed by atoms with Gasteiger partial charge in [-0.3, -0.25) is 13.8 Å². The number of phosphoric ester groups is 1. The van der Waals surface area contributed by atoms with E-state index in [9.17, 15) is 14.3 Å². The van der Waals surface area contributed by atoms with Gasteiger partial charge in [-0.2, -0.15) is 0 Å².